The number of nitrogens with zero attached hydrogens (tertiary/aromatic N) is 3. The molecule has 0 fully saturated rings. The molecule has 0 aliphatic carbocycles. The summed E-state index contributed by atoms with van der Waals surface area (Å²) < 4.78 is 1.66. The van der Waals surface area contributed by atoms with Gasteiger partial charge < -0.3 is 5.11 Å². The number of aliphatic hydroxyl groups excluding tert-OH is 1. The van der Waals surface area contributed by atoms with E-state index in [2.05, 4.69) is 10.1 Å². The second kappa shape index (κ2) is 4.49. The van der Waals surface area contributed by atoms with Crippen LogP contribution in [0.1, 0.15) is 17.4 Å². The van der Waals surface area contributed by atoms with Gasteiger partial charge in [-0.25, -0.2) is 0 Å². The molecule has 2 aromatic rings. The van der Waals surface area contributed by atoms with Crippen LogP contribution in [0.5, 0.6) is 0 Å². The Bertz CT molecular complexity index is 484. The molecule has 4 nitrogen and oxygen atoms in total. The predicted molar refractivity (Wildman–Crippen MR) is 61.5 cm³/mol. The van der Waals surface area contributed by atoms with Gasteiger partial charge in [0.1, 0.15) is 7.85 Å². The fourth-order valence-electron chi connectivity index (χ4n) is 1.54. The largest absolute Gasteiger partial charge is 0.388 e. The Balaban J connectivity index is 2.10. The Morgan fingerprint density at radius 1 is 1.50 bits per heavy atom. The first-order chi connectivity index (χ1) is 7.65. The Labute approximate surface area is 95.4 Å². The molecule has 0 aliphatic heterocycles. The van der Waals surface area contributed by atoms with E-state index in [0.29, 0.717) is 12.0 Å². The summed E-state index contributed by atoms with van der Waals surface area (Å²) in [6.07, 6.45) is 3.29. The third-order valence-corrected chi connectivity index (χ3v) is 2.34. The number of hydrogen-bond donors (Lipinski definition) is 1. The zero-order chi connectivity index (χ0) is 11.5. The van der Waals surface area contributed by atoms with Crippen molar-refractivity contribution < 1.29 is 5.11 Å². The quantitative estimate of drug-likeness (QED) is 0.723. The van der Waals surface area contributed by atoms with Crippen molar-refractivity contribution in [1.82, 2.24) is 14.8 Å². The van der Waals surface area contributed by atoms with Crippen LogP contribution in [0.2, 0.25) is 0 Å². The highest BCUT2D eigenvalue weighted by molar-refractivity contribution is 6.30. The number of hydrogen-bond acceptors (Lipinski definition) is 3. The summed E-state index contributed by atoms with van der Waals surface area (Å²) in [5.41, 5.74) is 2.03. The number of aromatic nitrogens is 3. The molecule has 2 heterocycles. The van der Waals surface area contributed by atoms with Gasteiger partial charge in [0.15, 0.2) is 0 Å². The molecule has 0 saturated heterocycles. The van der Waals surface area contributed by atoms with Gasteiger partial charge in [-0.3, -0.25) is 9.67 Å². The van der Waals surface area contributed by atoms with E-state index >= 15 is 0 Å². The van der Waals surface area contributed by atoms with E-state index in [9.17, 15) is 5.11 Å². The van der Waals surface area contributed by atoms with Crippen LogP contribution < -0.4 is 5.59 Å². The van der Waals surface area contributed by atoms with Crippen molar-refractivity contribution in [2.24, 2.45) is 7.05 Å². The van der Waals surface area contributed by atoms with Gasteiger partial charge in [0.05, 0.1) is 12.3 Å². The van der Waals surface area contributed by atoms with Crippen LogP contribution in [0.25, 0.3) is 0 Å². The molecule has 2 radical (unpaired) electrons. The Morgan fingerprint density at radius 2 is 2.31 bits per heavy atom. The molecule has 1 N–H and O–H groups in total. The molecule has 0 aliphatic rings. The zero-order valence-corrected chi connectivity index (χ0v) is 9.04. The van der Waals surface area contributed by atoms with Crippen LogP contribution >= 0.6 is 0 Å². The summed E-state index contributed by atoms with van der Waals surface area (Å²) in [5.74, 6) is 0. The van der Waals surface area contributed by atoms with Crippen LogP contribution in [-0.2, 0) is 13.5 Å². The van der Waals surface area contributed by atoms with Gasteiger partial charge in [0.25, 0.3) is 0 Å². The predicted octanol–water partition coefficient (Wildman–Crippen LogP) is -0.115. The van der Waals surface area contributed by atoms with E-state index in [4.69, 9.17) is 7.85 Å². The Hall–Kier alpha value is -1.62. The standard InChI is InChI=1S/C11H12BN3O/c1-15-7-8(6-13-15)10(16)5-9-3-2-4-11(12)14-9/h2-4,6-7,10,16H,5H2,1H3. The molecular formula is C11H12BN3O. The molecule has 1 atom stereocenters. The van der Waals surface area contributed by atoms with Gasteiger partial charge in [-0.2, -0.15) is 5.10 Å². The van der Waals surface area contributed by atoms with Crippen molar-refractivity contribution in [2.75, 3.05) is 0 Å². The monoisotopic (exact) mass is 213 g/mol. The van der Waals surface area contributed by atoms with E-state index in [1.165, 1.54) is 0 Å². The summed E-state index contributed by atoms with van der Waals surface area (Å²) >= 11 is 0. The molecule has 80 valence electrons. The highest BCUT2D eigenvalue weighted by Crippen LogP contribution is 2.15. The maximum atomic E-state index is 9.94. The van der Waals surface area contributed by atoms with Gasteiger partial charge in [-0.1, -0.05) is 12.1 Å². The maximum Gasteiger partial charge on any atom is 0.141 e. The van der Waals surface area contributed by atoms with Gasteiger partial charge >= 0.3 is 0 Å². The van der Waals surface area contributed by atoms with Gasteiger partial charge in [-0.05, 0) is 11.7 Å². The molecule has 0 amide bonds. The van der Waals surface area contributed by atoms with Crippen LogP contribution in [0.4, 0.5) is 0 Å². The maximum absolute atomic E-state index is 9.94. The molecular weight excluding hydrogens is 201 g/mol. The SMILES string of the molecule is [B]c1cccc(CC(O)c2cnn(C)c2)n1. The summed E-state index contributed by atoms with van der Waals surface area (Å²) in [5, 5.41) is 14.0. The molecule has 0 aromatic carbocycles. The van der Waals surface area contributed by atoms with Gasteiger partial charge in [0.2, 0.25) is 0 Å². The van der Waals surface area contributed by atoms with Crippen LogP contribution in [0.15, 0.2) is 30.6 Å². The lowest BCUT2D eigenvalue weighted by atomic mass is 10.0. The molecule has 2 rings (SSSR count). The molecule has 2 aromatic heterocycles. The fourth-order valence-corrected chi connectivity index (χ4v) is 1.54. The zero-order valence-electron chi connectivity index (χ0n) is 9.04. The Morgan fingerprint density at radius 3 is 2.94 bits per heavy atom. The summed E-state index contributed by atoms with van der Waals surface area (Å²) in [4.78, 5) is 4.14. The minimum Gasteiger partial charge on any atom is -0.388 e. The first kappa shape index (κ1) is 10.9. The number of pyridine rings is 1. The minimum absolute atomic E-state index is 0.441. The second-order valence-electron chi connectivity index (χ2n) is 3.72. The first-order valence-electron chi connectivity index (χ1n) is 5.03. The van der Waals surface area contributed by atoms with Gasteiger partial charge in [-0.15, -0.1) is 0 Å². The molecule has 0 saturated carbocycles. The Kier molecular flexibility index (Phi) is 3.06. The third-order valence-electron chi connectivity index (χ3n) is 2.34. The number of rotatable bonds is 3. The molecule has 0 spiro atoms. The van der Waals surface area contributed by atoms with Gasteiger partial charge in [0, 0.05) is 30.9 Å². The molecule has 16 heavy (non-hydrogen) atoms. The topological polar surface area (TPSA) is 50.9 Å². The van der Waals surface area contributed by atoms with E-state index in [-0.39, 0.29) is 0 Å². The van der Waals surface area contributed by atoms with E-state index < -0.39 is 6.10 Å². The van der Waals surface area contributed by atoms with E-state index in [0.717, 1.165) is 11.3 Å². The summed E-state index contributed by atoms with van der Waals surface area (Å²) in [6, 6.07) is 5.39. The highest BCUT2D eigenvalue weighted by atomic mass is 16.3. The summed E-state index contributed by atoms with van der Waals surface area (Å²) in [7, 11) is 7.38. The van der Waals surface area contributed by atoms with Crippen LogP contribution in [0.3, 0.4) is 0 Å². The lowest BCUT2D eigenvalue weighted by molar-refractivity contribution is 0.177. The normalized spacial score (nSPS) is 12.6. The molecule has 5 heteroatoms. The van der Waals surface area contributed by atoms with Crippen molar-refractivity contribution in [3.05, 3.63) is 41.9 Å². The van der Waals surface area contributed by atoms with Crippen molar-refractivity contribution in [3.8, 4) is 0 Å². The average Bonchev–Trinajstić information content (AvgIpc) is 2.65. The number of aliphatic hydroxyl groups is 1. The second-order valence-corrected chi connectivity index (χ2v) is 3.72. The smallest absolute Gasteiger partial charge is 0.141 e. The highest BCUT2D eigenvalue weighted by Gasteiger charge is 2.11. The molecule has 0 bridgehead atoms. The number of aryl methyl sites for hydroxylation is 1. The third kappa shape index (κ3) is 2.49. The summed E-state index contributed by atoms with van der Waals surface area (Å²) in [6.45, 7) is 0. The molecule has 1 unspecified atom stereocenters. The fraction of sp³-hybridized carbons (Fsp3) is 0.273. The van der Waals surface area contributed by atoms with E-state index in [1.807, 2.05) is 19.2 Å². The minimum atomic E-state index is -0.594. The van der Waals surface area contributed by atoms with Crippen LogP contribution in [-0.4, -0.2) is 27.7 Å². The lowest BCUT2D eigenvalue weighted by Gasteiger charge is -2.08. The van der Waals surface area contributed by atoms with Crippen molar-refractivity contribution in [2.45, 2.75) is 12.5 Å². The average molecular weight is 213 g/mol. The van der Waals surface area contributed by atoms with Crippen molar-refractivity contribution in [1.29, 1.82) is 0 Å². The van der Waals surface area contributed by atoms with Crippen LogP contribution in [0, 0.1) is 0 Å². The van der Waals surface area contributed by atoms with E-state index in [1.54, 1.807) is 23.1 Å². The first-order valence-corrected chi connectivity index (χ1v) is 5.03. The van der Waals surface area contributed by atoms with Crippen molar-refractivity contribution in [3.63, 3.8) is 0 Å². The lowest BCUT2D eigenvalue weighted by Crippen LogP contribution is -2.11. The van der Waals surface area contributed by atoms with Crippen molar-refractivity contribution >= 4 is 13.4 Å².